The summed E-state index contributed by atoms with van der Waals surface area (Å²) in [6.07, 6.45) is 0.715. The van der Waals surface area contributed by atoms with Crippen LogP contribution < -0.4 is 10.6 Å². The topological polar surface area (TPSA) is 84.0 Å². The molecule has 150 valence electrons. The molecule has 3 atom stereocenters. The van der Waals surface area contributed by atoms with Crippen molar-refractivity contribution in [3.05, 3.63) is 41.3 Å². The fourth-order valence-electron chi connectivity index (χ4n) is 4.71. The van der Waals surface area contributed by atoms with Crippen molar-refractivity contribution >= 4 is 5.69 Å². The Balaban J connectivity index is 1.70. The van der Waals surface area contributed by atoms with Crippen molar-refractivity contribution in [3.8, 4) is 6.07 Å². The number of hydrogen-bond acceptors (Lipinski definition) is 7. The van der Waals surface area contributed by atoms with E-state index in [0.29, 0.717) is 12.0 Å². The maximum atomic E-state index is 9.82. The number of nitriles is 1. The van der Waals surface area contributed by atoms with Crippen LogP contribution in [0.15, 0.2) is 35.7 Å². The van der Waals surface area contributed by atoms with Gasteiger partial charge in [0.05, 0.1) is 18.8 Å². The van der Waals surface area contributed by atoms with Gasteiger partial charge in [0.1, 0.15) is 6.07 Å². The zero-order valence-electron chi connectivity index (χ0n) is 16.6. The van der Waals surface area contributed by atoms with Gasteiger partial charge in [-0.2, -0.15) is 5.26 Å². The summed E-state index contributed by atoms with van der Waals surface area (Å²) in [5.41, 5.74) is 8.92. The molecule has 28 heavy (non-hydrogen) atoms. The summed E-state index contributed by atoms with van der Waals surface area (Å²) in [5, 5.41) is 9.82. The van der Waals surface area contributed by atoms with Gasteiger partial charge in [-0.25, -0.2) is 0 Å². The fourth-order valence-corrected chi connectivity index (χ4v) is 4.71. The molecular formula is C21H28N4O3. The van der Waals surface area contributed by atoms with Gasteiger partial charge in [-0.05, 0) is 24.7 Å². The van der Waals surface area contributed by atoms with E-state index in [1.165, 1.54) is 5.69 Å². The first-order valence-corrected chi connectivity index (χ1v) is 9.83. The molecule has 0 amide bonds. The molecule has 0 aliphatic carbocycles. The van der Waals surface area contributed by atoms with Crippen molar-refractivity contribution in [3.63, 3.8) is 0 Å². The highest BCUT2D eigenvalue weighted by molar-refractivity contribution is 5.51. The van der Waals surface area contributed by atoms with Crippen LogP contribution in [0.4, 0.5) is 5.69 Å². The number of nitrogens with two attached hydrogens (primary N) is 1. The minimum Gasteiger partial charge on any atom is -0.446 e. The second kappa shape index (κ2) is 7.63. The van der Waals surface area contributed by atoms with Gasteiger partial charge in [-0.15, -0.1) is 0 Å². The van der Waals surface area contributed by atoms with Crippen LogP contribution in [0.5, 0.6) is 0 Å². The minimum atomic E-state index is -0.787. The third-order valence-corrected chi connectivity index (χ3v) is 6.27. The lowest BCUT2D eigenvalue weighted by atomic mass is 9.72. The molecule has 1 aromatic carbocycles. The van der Waals surface area contributed by atoms with E-state index in [2.05, 4.69) is 47.2 Å². The van der Waals surface area contributed by atoms with E-state index in [-0.39, 0.29) is 17.7 Å². The number of hydrogen-bond donors (Lipinski definition) is 1. The maximum Gasteiger partial charge on any atom is 0.218 e. The van der Waals surface area contributed by atoms with Gasteiger partial charge in [0.15, 0.2) is 0 Å². The summed E-state index contributed by atoms with van der Waals surface area (Å²) in [6.45, 7) is 4.94. The largest absolute Gasteiger partial charge is 0.446 e. The standard InChI is InChI=1S/C21H28N4O3/c1-24-8-7-21(26-2)18(14-24)19(17(13-22)20(23)28-21)15-3-5-16(6-4-15)25-9-11-27-12-10-25/h3-6,18-19H,7-12,14,23H2,1-2H3/t18-,19+,21+/m0/s1. The number of piperidine rings is 1. The number of nitrogens with zero attached hydrogens (tertiary/aromatic N) is 3. The zero-order valence-corrected chi connectivity index (χ0v) is 16.6. The molecule has 2 N–H and O–H groups in total. The Kier molecular flexibility index (Phi) is 5.19. The van der Waals surface area contributed by atoms with Gasteiger partial charge in [-0.1, -0.05) is 12.1 Å². The van der Waals surface area contributed by atoms with Crippen LogP contribution in [-0.2, 0) is 14.2 Å². The van der Waals surface area contributed by atoms with Crippen LogP contribution in [0.3, 0.4) is 0 Å². The van der Waals surface area contributed by atoms with Crippen LogP contribution in [0.1, 0.15) is 17.9 Å². The van der Waals surface area contributed by atoms with Crippen molar-refractivity contribution in [2.75, 3.05) is 58.5 Å². The normalized spacial score (nSPS) is 31.1. The van der Waals surface area contributed by atoms with Gasteiger partial charge in [0.2, 0.25) is 11.7 Å². The zero-order chi connectivity index (χ0) is 19.7. The number of anilines is 1. The van der Waals surface area contributed by atoms with Crippen LogP contribution in [0, 0.1) is 17.2 Å². The molecule has 3 heterocycles. The highest BCUT2D eigenvalue weighted by Gasteiger charge is 2.54. The van der Waals surface area contributed by atoms with E-state index in [4.69, 9.17) is 19.9 Å². The molecular weight excluding hydrogens is 356 g/mol. The average Bonchev–Trinajstić information content (AvgIpc) is 2.74. The highest BCUT2D eigenvalue weighted by atomic mass is 16.7. The van der Waals surface area contributed by atoms with E-state index in [1.807, 2.05) is 0 Å². The number of likely N-dealkylation sites (tertiary alicyclic amines) is 1. The third kappa shape index (κ3) is 3.22. The predicted molar refractivity (Wildman–Crippen MR) is 105 cm³/mol. The van der Waals surface area contributed by atoms with Crippen LogP contribution in [-0.4, -0.2) is 64.2 Å². The van der Waals surface area contributed by atoms with E-state index in [9.17, 15) is 5.26 Å². The van der Waals surface area contributed by atoms with Crippen LogP contribution in [0.25, 0.3) is 0 Å². The molecule has 7 heteroatoms. The molecule has 3 aliphatic heterocycles. The molecule has 0 spiro atoms. The highest BCUT2D eigenvalue weighted by Crippen LogP contribution is 2.49. The summed E-state index contributed by atoms with van der Waals surface area (Å²) >= 11 is 0. The predicted octanol–water partition coefficient (Wildman–Crippen LogP) is 1.63. The second-order valence-electron chi connectivity index (χ2n) is 7.80. The number of morpholine rings is 1. The first-order chi connectivity index (χ1) is 13.6. The molecule has 2 fully saturated rings. The van der Waals surface area contributed by atoms with Crippen molar-refractivity contribution in [1.29, 1.82) is 5.26 Å². The van der Waals surface area contributed by atoms with Gasteiger partial charge >= 0.3 is 0 Å². The van der Waals surface area contributed by atoms with Gasteiger partial charge < -0.3 is 29.7 Å². The molecule has 2 saturated heterocycles. The van der Waals surface area contributed by atoms with E-state index in [0.717, 1.165) is 45.0 Å². The first-order valence-electron chi connectivity index (χ1n) is 9.83. The number of rotatable bonds is 3. The smallest absolute Gasteiger partial charge is 0.218 e. The number of ether oxygens (including phenoxy) is 3. The Bertz CT molecular complexity index is 782. The van der Waals surface area contributed by atoms with Crippen molar-refractivity contribution in [2.45, 2.75) is 18.1 Å². The monoisotopic (exact) mass is 384 g/mol. The SMILES string of the molecule is CO[C@@]12CCN(C)C[C@H]1[C@H](c1ccc(N3CCOCC3)cc1)C(C#N)=C(N)O2. The Morgan fingerprint density at radius 1 is 1.21 bits per heavy atom. The van der Waals surface area contributed by atoms with Gasteiger partial charge in [-0.3, -0.25) is 0 Å². The molecule has 0 saturated carbocycles. The van der Waals surface area contributed by atoms with Crippen molar-refractivity contribution in [2.24, 2.45) is 11.7 Å². The molecule has 7 nitrogen and oxygen atoms in total. The van der Waals surface area contributed by atoms with Crippen molar-refractivity contribution < 1.29 is 14.2 Å². The first kappa shape index (κ1) is 19.1. The summed E-state index contributed by atoms with van der Waals surface area (Å²) in [7, 11) is 3.76. The van der Waals surface area contributed by atoms with Crippen LogP contribution in [0.2, 0.25) is 0 Å². The quantitative estimate of drug-likeness (QED) is 0.848. The molecule has 0 unspecified atom stereocenters. The second-order valence-corrected chi connectivity index (χ2v) is 7.80. The van der Waals surface area contributed by atoms with Crippen LogP contribution >= 0.6 is 0 Å². The van der Waals surface area contributed by atoms with Gasteiger partial charge in [0.25, 0.3) is 0 Å². The Morgan fingerprint density at radius 2 is 1.93 bits per heavy atom. The lowest BCUT2D eigenvalue weighted by Gasteiger charge is -2.51. The van der Waals surface area contributed by atoms with E-state index >= 15 is 0 Å². The molecule has 3 aliphatic rings. The number of methoxy groups -OCH3 is 1. The summed E-state index contributed by atoms with van der Waals surface area (Å²) < 4.78 is 17.3. The Hall–Kier alpha value is -2.27. The average molecular weight is 384 g/mol. The lowest BCUT2D eigenvalue weighted by Crippen LogP contribution is -2.58. The number of fused-ring (bicyclic) bond motifs is 1. The Labute approximate surface area is 166 Å². The summed E-state index contributed by atoms with van der Waals surface area (Å²) in [6, 6.07) is 10.8. The van der Waals surface area contributed by atoms with E-state index in [1.54, 1.807) is 7.11 Å². The van der Waals surface area contributed by atoms with Gasteiger partial charge in [0, 0.05) is 57.2 Å². The lowest BCUT2D eigenvalue weighted by molar-refractivity contribution is -0.264. The molecule has 0 radical (unpaired) electrons. The summed E-state index contributed by atoms with van der Waals surface area (Å²) in [4.78, 5) is 4.58. The number of benzene rings is 1. The minimum absolute atomic E-state index is 0.00700. The third-order valence-electron chi connectivity index (χ3n) is 6.27. The maximum absolute atomic E-state index is 9.82. The summed E-state index contributed by atoms with van der Waals surface area (Å²) in [5.74, 6) is -0.759. The fraction of sp³-hybridized carbons (Fsp3) is 0.571. The molecule has 1 aromatic rings. The van der Waals surface area contributed by atoms with E-state index < -0.39 is 5.79 Å². The molecule has 0 aromatic heterocycles. The Morgan fingerprint density at radius 3 is 2.57 bits per heavy atom. The van der Waals surface area contributed by atoms with Crippen molar-refractivity contribution in [1.82, 2.24) is 4.90 Å². The molecule has 0 bridgehead atoms. The number of allylic oxidation sites excluding steroid dienone is 1. The molecule has 4 rings (SSSR count).